The zero-order valence-electron chi connectivity index (χ0n) is 32.2. The molecule has 0 saturated heterocycles. The molecule has 2 aliphatic rings. The van der Waals surface area contributed by atoms with Gasteiger partial charge in [-0.25, -0.2) is 0 Å². The number of phenolic OH excluding ortho intramolecular Hbond substituents is 1. The lowest BCUT2D eigenvalue weighted by molar-refractivity contribution is -0.137. The van der Waals surface area contributed by atoms with E-state index in [4.69, 9.17) is 0 Å². The fraction of sp³-hybridized carbons (Fsp3) is 0.578. The van der Waals surface area contributed by atoms with Crippen LogP contribution < -0.4 is 5.32 Å². The van der Waals surface area contributed by atoms with Crippen LogP contribution in [-0.4, -0.2) is 85.3 Å². The molecule has 7 atom stereocenters. The summed E-state index contributed by atoms with van der Waals surface area (Å²) in [6.45, 7) is 3.46. The van der Waals surface area contributed by atoms with Crippen LogP contribution in [0.1, 0.15) is 125 Å². The molecule has 8 N–H and O–H groups in total. The van der Waals surface area contributed by atoms with Crippen LogP contribution in [0.4, 0.5) is 0 Å². The number of carboxylic acid groups (broad SMARTS) is 1. The second-order valence-corrected chi connectivity index (χ2v) is 15.5. The van der Waals surface area contributed by atoms with Gasteiger partial charge in [0.15, 0.2) is 0 Å². The molecule has 2 bridgehead atoms. The van der Waals surface area contributed by atoms with E-state index in [1.807, 2.05) is 24.3 Å². The van der Waals surface area contributed by atoms with E-state index >= 15 is 0 Å². The molecule has 9 heteroatoms. The minimum absolute atomic E-state index is 0.0370. The number of nitrogens with one attached hydrogen (secondary N) is 1. The standard InChI is InChI=1S/C45H63NO8/c1-3-4-6-13-36(49)20-18-32-17-16-31-11-9-10-14-39(31)33-19-23-42(40-22-21-37(50)27-34(40)24-25-47)45(2,54)30-46-44(41(32)28-38(51)29-48)35(26-33)12-7-5-8-15-43(52)53/h9-11,14,18,20-22,27,33,35-36,38,42,44,46-51,54H,3-8,12-13,15-17,24-26,28-30H2,1-2H3,(H,52,53)/b20-18-,41-32+/t33-,35+,36+,38+,42+,44+,45-/m1/s1. The highest BCUT2D eigenvalue weighted by Gasteiger charge is 2.38. The highest BCUT2D eigenvalue weighted by atomic mass is 16.4. The van der Waals surface area contributed by atoms with E-state index < -0.39 is 36.3 Å². The lowest BCUT2D eigenvalue weighted by Gasteiger charge is -2.40. The van der Waals surface area contributed by atoms with Crippen molar-refractivity contribution in [3.8, 4) is 17.6 Å². The molecule has 54 heavy (non-hydrogen) atoms. The second kappa shape index (κ2) is 21.6. The Hall–Kier alpha value is -3.49. The van der Waals surface area contributed by atoms with Gasteiger partial charge in [0.2, 0.25) is 0 Å². The van der Waals surface area contributed by atoms with Crippen molar-refractivity contribution in [2.75, 3.05) is 19.8 Å². The van der Waals surface area contributed by atoms with Crippen molar-refractivity contribution in [1.29, 1.82) is 0 Å². The Bertz CT molecular complexity index is 1620. The molecule has 0 unspecified atom stereocenters. The quantitative estimate of drug-likeness (QED) is 0.0669. The average Bonchev–Trinajstić information content (AvgIpc) is 3.14. The van der Waals surface area contributed by atoms with Crippen molar-refractivity contribution in [3.05, 3.63) is 88.0 Å². The Kier molecular flexibility index (Phi) is 17.3. The maximum absolute atomic E-state index is 12.4. The van der Waals surface area contributed by atoms with E-state index in [1.54, 1.807) is 25.1 Å². The summed E-state index contributed by atoms with van der Waals surface area (Å²) in [6.07, 6.45) is 11.3. The van der Waals surface area contributed by atoms with Crippen LogP contribution in [0.15, 0.2) is 65.8 Å². The van der Waals surface area contributed by atoms with E-state index in [1.165, 1.54) is 0 Å². The van der Waals surface area contributed by atoms with E-state index in [0.717, 1.165) is 66.4 Å². The number of unbranched alkanes of at least 4 members (excludes halogenated alkanes) is 4. The van der Waals surface area contributed by atoms with Gasteiger partial charge in [0.1, 0.15) is 5.75 Å². The predicted molar refractivity (Wildman–Crippen MR) is 212 cm³/mol. The van der Waals surface area contributed by atoms with E-state index in [0.29, 0.717) is 37.7 Å². The van der Waals surface area contributed by atoms with Gasteiger partial charge in [0.25, 0.3) is 0 Å². The maximum atomic E-state index is 12.4. The molecule has 1 aliphatic carbocycles. The third-order valence-corrected chi connectivity index (χ3v) is 11.2. The third kappa shape index (κ3) is 12.5. The first-order valence-electron chi connectivity index (χ1n) is 20.0. The van der Waals surface area contributed by atoms with E-state index in [-0.39, 0.29) is 56.0 Å². The smallest absolute Gasteiger partial charge is 0.303 e. The predicted octanol–water partition coefficient (Wildman–Crippen LogP) is 6.05. The van der Waals surface area contributed by atoms with Gasteiger partial charge in [-0.1, -0.05) is 93.4 Å². The van der Waals surface area contributed by atoms with Gasteiger partial charge in [-0.2, -0.15) is 0 Å². The van der Waals surface area contributed by atoms with Crippen molar-refractivity contribution in [2.24, 2.45) is 5.92 Å². The minimum Gasteiger partial charge on any atom is -0.508 e. The molecule has 0 amide bonds. The first-order chi connectivity index (χ1) is 26.0. The van der Waals surface area contributed by atoms with Crippen LogP contribution in [-0.2, 0) is 17.6 Å². The van der Waals surface area contributed by atoms with Crippen molar-refractivity contribution >= 4 is 5.97 Å². The molecule has 0 radical (unpaired) electrons. The molecule has 9 nitrogen and oxygen atoms in total. The Morgan fingerprint density at radius 3 is 2.56 bits per heavy atom. The van der Waals surface area contributed by atoms with Crippen LogP contribution in [0.3, 0.4) is 0 Å². The number of rotatable bonds is 18. The second-order valence-electron chi connectivity index (χ2n) is 15.5. The van der Waals surface area contributed by atoms with E-state index in [2.05, 4.69) is 36.2 Å². The van der Waals surface area contributed by atoms with Crippen molar-refractivity contribution < 1.29 is 40.5 Å². The Balaban J connectivity index is 1.94. The summed E-state index contributed by atoms with van der Waals surface area (Å²) in [5.74, 6) is 5.46. The third-order valence-electron chi connectivity index (χ3n) is 11.2. The summed E-state index contributed by atoms with van der Waals surface area (Å²) in [5.41, 5.74) is 4.18. The number of benzene rings is 2. The molecule has 2 aromatic carbocycles. The zero-order chi connectivity index (χ0) is 39.1. The first-order valence-corrected chi connectivity index (χ1v) is 20.0. The van der Waals surface area contributed by atoms with Crippen LogP contribution in [0.5, 0.6) is 5.75 Å². The summed E-state index contributed by atoms with van der Waals surface area (Å²) < 4.78 is 0. The number of hydrogen-bond donors (Lipinski definition) is 8. The summed E-state index contributed by atoms with van der Waals surface area (Å²) in [4.78, 5) is 11.3. The number of carbonyl (C=O) groups is 1. The number of phenols is 1. The van der Waals surface area contributed by atoms with Crippen molar-refractivity contribution in [2.45, 2.75) is 139 Å². The Labute approximate surface area is 321 Å². The number of fused-ring (bicyclic) bond motifs is 5. The number of aryl methyl sites for hydroxylation is 1. The summed E-state index contributed by atoms with van der Waals surface area (Å²) in [6, 6.07) is 13.0. The molecule has 0 spiro atoms. The molecule has 296 valence electrons. The van der Waals surface area contributed by atoms with Crippen LogP contribution in [0.25, 0.3) is 0 Å². The molecule has 4 rings (SSSR count). The fourth-order valence-corrected chi connectivity index (χ4v) is 8.23. The summed E-state index contributed by atoms with van der Waals surface area (Å²) in [7, 11) is 0. The topological polar surface area (TPSA) is 171 Å². The molecule has 0 aromatic heterocycles. The van der Waals surface area contributed by atoms with Gasteiger partial charge >= 0.3 is 5.97 Å². The van der Waals surface area contributed by atoms with Crippen LogP contribution >= 0.6 is 0 Å². The number of aliphatic hydroxyl groups excluding tert-OH is 4. The molecule has 1 heterocycles. The highest BCUT2D eigenvalue weighted by Crippen LogP contribution is 2.40. The van der Waals surface area contributed by atoms with Crippen LogP contribution in [0, 0.1) is 17.8 Å². The molecule has 2 aromatic rings. The average molecular weight is 746 g/mol. The number of aliphatic hydroxyl groups is 5. The largest absolute Gasteiger partial charge is 0.508 e. The van der Waals surface area contributed by atoms with E-state index in [9.17, 15) is 40.5 Å². The fourth-order valence-electron chi connectivity index (χ4n) is 8.23. The number of allylic oxidation sites excluding steroid dienone is 2. The molecule has 0 fully saturated rings. The lowest BCUT2D eigenvalue weighted by atomic mass is 9.73. The zero-order valence-corrected chi connectivity index (χ0v) is 32.2. The van der Waals surface area contributed by atoms with Gasteiger partial charge in [-0.15, -0.1) is 0 Å². The number of carboxylic acids is 1. The molecule has 1 aliphatic heterocycles. The molecular formula is C45H63NO8. The van der Waals surface area contributed by atoms with Crippen molar-refractivity contribution in [3.63, 3.8) is 0 Å². The minimum atomic E-state index is -1.42. The summed E-state index contributed by atoms with van der Waals surface area (Å²) in [5, 5.41) is 78.0. The normalized spacial score (nSPS) is 25.8. The van der Waals surface area contributed by atoms with Gasteiger partial charge in [-0.3, -0.25) is 4.79 Å². The van der Waals surface area contributed by atoms with Gasteiger partial charge in [-0.05, 0) is 110 Å². The molecular weight excluding hydrogens is 682 g/mol. The number of hydrogen-bond acceptors (Lipinski definition) is 8. The first kappa shape index (κ1) is 43.2. The number of aliphatic carboxylic acids is 1. The SMILES string of the molecule is CCCCC[C@H](O)/C=C\C1=C(/C[C@H](O)CO)[C@H]2NC[C@@](C)(O)[C@H](c3ccc(O)cc3CCO)C#C[C@H](C[C@@H]2CCCCCC(=O)O)c2ccccc2CC1. The maximum Gasteiger partial charge on any atom is 0.303 e. The van der Waals surface area contributed by atoms with Gasteiger partial charge in [0, 0.05) is 31.5 Å². The number of aromatic hydroxyl groups is 1. The van der Waals surface area contributed by atoms with Crippen molar-refractivity contribution in [1.82, 2.24) is 5.32 Å². The van der Waals surface area contributed by atoms with Crippen LogP contribution in [0.2, 0.25) is 0 Å². The number of β-amino-alcohol motifs (C(OH)–C–C–N with tert-alkyl or cyclic N) is 1. The highest BCUT2D eigenvalue weighted by molar-refractivity contribution is 5.66. The lowest BCUT2D eigenvalue weighted by Crippen LogP contribution is -2.50. The Morgan fingerprint density at radius 1 is 1.02 bits per heavy atom. The monoisotopic (exact) mass is 745 g/mol. The Morgan fingerprint density at radius 2 is 1.81 bits per heavy atom. The van der Waals surface area contributed by atoms with Gasteiger partial charge < -0.3 is 41.1 Å². The molecule has 0 saturated carbocycles. The van der Waals surface area contributed by atoms with Gasteiger partial charge in [0.05, 0.1) is 30.3 Å². The summed E-state index contributed by atoms with van der Waals surface area (Å²) >= 11 is 0.